The minimum atomic E-state index is -0.713. The van der Waals surface area contributed by atoms with Crippen molar-refractivity contribution in [1.82, 2.24) is 30.5 Å². The van der Waals surface area contributed by atoms with Gasteiger partial charge < -0.3 is 32.0 Å². The molecule has 1 saturated heterocycles. The van der Waals surface area contributed by atoms with Gasteiger partial charge in [0.2, 0.25) is 0 Å². The maximum absolute atomic E-state index is 13.5. The molecule has 0 aliphatic carbocycles. The zero-order valence-corrected chi connectivity index (χ0v) is 20.9. The van der Waals surface area contributed by atoms with E-state index in [9.17, 15) is 9.59 Å². The number of nitrogens with two attached hydrogens (primary N) is 2. The highest BCUT2D eigenvalue weighted by Gasteiger charge is 2.25. The van der Waals surface area contributed by atoms with E-state index in [1.54, 1.807) is 4.90 Å². The largest absolute Gasteiger partial charge is 0.382 e. The standard InChI is InChI=1S/C24H28ClN9O2/c1-12(2)10-34(23(36)15-5-4-6-16-14(15)7-8-28-16)11-13(3)17-9-29-24(30-17)33-22(35)18-20(26)32-21(27)19(25)31-18/h4-8,11-12,17,28H,9-10H2,1-3H3,(H4,26,27,32)(H2,29,30,33,35)/b13-11-. The molecular weight excluding hydrogens is 482 g/mol. The minimum absolute atomic E-state index is 0.0652. The molecule has 1 aromatic carbocycles. The molecule has 3 heterocycles. The predicted octanol–water partition coefficient (Wildman–Crippen LogP) is 2.54. The van der Waals surface area contributed by atoms with Crippen molar-refractivity contribution in [2.45, 2.75) is 26.8 Å². The number of rotatable bonds is 6. The Labute approximate surface area is 213 Å². The second-order valence-electron chi connectivity index (χ2n) is 8.95. The van der Waals surface area contributed by atoms with Gasteiger partial charge in [0.05, 0.1) is 6.04 Å². The van der Waals surface area contributed by atoms with Gasteiger partial charge in [-0.2, -0.15) is 4.99 Å². The van der Waals surface area contributed by atoms with Crippen molar-refractivity contribution in [1.29, 1.82) is 0 Å². The lowest BCUT2D eigenvalue weighted by molar-refractivity contribution is 0.0808. The van der Waals surface area contributed by atoms with Crippen LogP contribution in [-0.4, -0.2) is 56.8 Å². The summed E-state index contributed by atoms with van der Waals surface area (Å²) in [6.45, 7) is 7.06. The number of hydrogen-bond acceptors (Lipinski definition) is 6. The number of amides is 2. The predicted molar refractivity (Wildman–Crippen MR) is 140 cm³/mol. The summed E-state index contributed by atoms with van der Waals surface area (Å²) in [5.41, 5.74) is 13.6. The first kappa shape index (κ1) is 25.0. The topological polar surface area (TPSA) is 167 Å². The van der Waals surface area contributed by atoms with Gasteiger partial charge in [0.15, 0.2) is 28.4 Å². The van der Waals surface area contributed by atoms with E-state index in [4.69, 9.17) is 23.1 Å². The average Bonchev–Trinajstić information content (AvgIpc) is 3.49. The molecule has 0 saturated carbocycles. The fourth-order valence-electron chi connectivity index (χ4n) is 3.92. The number of nitrogens with one attached hydrogen (secondary N) is 3. The lowest BCUT2D eigenvalue weighted by Crippen LogP contribution is -2.33. The number of aliphatic imine (C=N–C) groups is 1. The van der Waals surface area contributed by atoms with Crippen molar-refractivity contribution in [2.75, 3.05) is 24.6 Å². The van der Waals surface area contributed by atoms with Crippen molar-refractivity contribution in [3.05, 3.63) is 58.6 Å². The Bertz CT molecular complexity index is 1380. The first-order valence-corrected chi connectivity index (χ1v) is 11.8. The third-order valence-electron chi connectivity index (χ3n) is 5.66. The third kappa shape index (κ3) is 5.25. The van der Waals surface area contributed by atoms with E-state index in [0.717, 1.165) is 16.5 Å². The Balaban J connectivity index is 1.53. The number of guanidine groups is 1. The Hall–Kier alpha value is -4.12. The highest BCUT2D eigenvalue weighted by Crippen LogP contribution is 2.21. The summed E-state index contributed by atoms with van der Waals surface area (Å²) in [6, 6.07) is 7.34. The number of H-pyrrole nitrogens is 1. The first-order valence-electron chi connectivity index (χ1n) is 11.4. The van der Waals surface area contributed by atoms with Gasteiger partial charge in [0.1, 0.15) is 0 Å². The van der Waals surface area contributed by atoms with Crippen molar-refractivity contribution in [3.63, 3.8) is 0 Å². The number of aromatic nitrogens is 3. The second kappa shape index (κ2) is 10.2. The molecule has 1 aliphatic rings. The summed E-state index contributed by atoms with van der Waals surface area (Å²) < 4.78 is 0. The fraction of sp³-hybridized carbons (Fsp3) is 0.292. The summed E-state index contributed by atoms with van der Waals surface area (Å²) in [5.74, 6) is -0.508. The van der Waals surface area contributed by atoms with Crippen LogP contribution in [0.3, 0.4) is 0 Å². The molecule has 0 spiro atoms. The van der Waals surface area contributed by atoms with Gasteiger partial charge in [0, 0.05) is 42.0 Å². The molecule has 1 unspecified atom stereocenters. The number of nitrogens with zero attached hydrogens (tertiary/aromatic N) is 4. The van der Waals surface area contributed by atoms with Gasteiger partial charge in [-0.15, -0.1) is 0 Å². The SMILES string of the molecule is C/C(=C/N(CC(C)C)C(=O)c1cccc2[nH]ccc12)C1CN/C(=N\C(=O)c2nc(Cl)c(N)nc2N)N1. The van der Waals surface area contributed by atoms with Crippen LogP contribution in [0.5, 0.6) is 0 Å². The summed E-state index contributed by atoms with van der Waals surface area (Å²) in [7, 11) is 0. The first-order chi connectivity index (χ1) is 17.1. The molecule has 11 nitrogen and oxygen atoms in total. The van der Waals surface area contributed by atoms with Crippen LogP contribution in [0.4, 0.5) is 11.6 Å². The summed E-state index contributed by atoms with van der Waals surface area (Å²) in [4.78, 5) is 42.7. The molecule has 7 N–H and O–H groups in total. The van der Waals surface area contributed by atoms with Crippen LogP contribution in [0.2, 0.25) is 5.15 Å². The molecule has 2 aromatic heterocycles. The second-order valence-corrected chi connectivity index (χ2v) is 9.30. The quantitative estimate of drug-likeness (QED) is 0.337. The number of nitrogen functional groups attached to an aromatic ring is 2. The lowest BCUT2D eigenvalue weighted by atomic mass is 10.1. The minimum Gasteiger partial charge on any atom is -0.382 e. The number of anilines is 2. The van der Waals surface area contributed by atoms with E-state index in [2.05, 4.69) is 44.4 Å². The average molecular weight is 510 g/mol. The molecule has 0 bridgehead atoms. The maximum atomic E-state index is 13.5. The zero-order chi connectivity index (χ0) is 26.0. The molecule has 36 heavy (non-hydrogen) atoms. The number of carbonyl (C=O) groups is 2. The van der Waals surface area contributed by atoms with E-state index in [1.165, 1.54) is 0 Å². The Kier molecular flexibility index (Phi) is 7.11. The van der Waals surface area contributed by atoms with E-state index in [0.29, 0.717) is 18.7 Å². The number of aromatic amines is 1. The van der Waals surface area contributed by atoms with E-state index in [1.807, 2.05) is 43.6 Å². The van der Waals surface area contributed by atoms with Crippen LogP contribution in [0.15, 0.2) is 47.2 Å². The molecule has 3 aromatic rings. The van der Waals surface area contributed by atoms with Gasteiger partial charge in [-0.3, -0.25) is 9.59 Å². The van der Waals surface area contributed by atoms with Gasteiger partial charge in [-0.25, -0.2) is 9.97 Å². The summed E-state index contributed by atoms with van der Waals surface area (Å²) in [6.07, 6.45) is 3.67. The smallest absolute Gasteiger partial charge is 0.302 e. The molecule has 1 atom stereocenters. The van der Waals surface area contributed by atoms with Crippen molar-refractivity contribution >= 4 is 51.9 Å². The molecule has 1 fully saturated rings. The van der Waals surface area contributed by atoms with Crippen molar-refractivity contribution in [2.24, 2.45) is 10.9 Å². The molecular formula is C24H28ClN9O2. The van der Waals surface area contributed by atoms with Crippen LogP contribution in [-0.2, 0) is 0 Å². The monoisotopic (exact) mass is 509 g/mol. The Morgan fingerprint density at radius 1 is 1.25 bits per heavy atom. The van der Waals surface area contributed by atoms with Crippen LogP contribution in [0.1, 0.15) is 41.6 Å². The summed E-state index contributed by atoms with van der Waals surface area (Å²) in [5, 5.41) is 6.96. The Morgan fingerprint density at radius 2 is 2.03 bits per heavy atom. The van der Waals surface area contributed by atoms with Gasteiger partial charge in [-0.1, -0.05) is 31.5 Å². The normalized spacial score (nSPS) is 16.9. The zero-order valence-electron chi connectivity index (χ0n) is 20.2. The van der Waals surface area contributed by atoms with E-state index in [-0.39, 0.29) is 46.3 Å². The van der Waals surface area contributed by atoms with Crippen LogP contribution < -0.4 is 22.1 Å². The molecule has 1 aliphatic heterocycles. The number of carbonyl (C=O) groups excluding carboxylic acids is 2. The fourth-order valence-corrected chi connectivity index (χ4v) is 4.04. The third-order valence-corrected chi connectivity index (χ3v) is 5.94. The number of halogens is 1. The number of benzene rings is 1. The molecule has 2 amide bonds. The van der Waals surface area contributed by atoms with E-state index >= 15 is 0 Å². The van der Waals surface area contributed by atoms with Gasteiger partial charge in [0.25, 0.3) is 5.91 Å². The molecule has 4 rings (SSSR count). The Morgan fingerprint density at radius 3 is 2.78 bits per heavy atom. The maximum Gasteiger partial charge on any atom is 0.302 e. The highest BCUT2D eigenvalue weighted by molar-refractivity contribution is 6.31. The van der Waals surface area contributed by atoms with E-state index < -0.39 is 5.91 Å². The van der Waals surface area contributed by atoms with Crippen molar-refractivity contribution < 1.29 is 9.59 Å². The number of fused-ring (bicyclic) bond motifs is 1. The van der Waals surface area contributed by atoms with Crippen LogP contribution >= 0.6 is 11.6 Å². The van der Waals surface area contributed by atoms with Gasteiger partial charge in [-0.05, 0) is 36.6 Å². The molecule has 188 valence electrons. The van der Waals surface area contributed by atoms with Crippen LogP contribution in [0.25, 0.3) is 10.9 Å². The highest BCUT2D eigenvalue weighted by atomic mass is 35.5. The summed E-state index contributed by atoms with van der Waals surface area (Å²) >= 11 is 5.86. The lowest BCUT2D eigenvalue weighted by Gasteiger charge is -2.23. The van der Waals surface area contributed by atoms with Crippen LogP contribution in [0, 0.1) is 5.92 Å². The molecule has 0 radical (unpaired) electrons. The van der Waals surface area contributed by atoms with Crippen molar-refractivity contribution in [3.8, 4) is 0 Å². The van der Waals surface area contributed by atoms with Gasteiger partial charge >= 0.3 is 5.91 Å². The molecule has 12 heteroatoms. The number of hydrogen-bond donors (Lipinski definition) is 5.